The Bertz CT molecular complexity index is 893. The summed E-state index contributed by atoms with van der Waals surface area (Å²) in [5, 5.41) is 3.00. The van der Waals surface area contributed by atoms with Crippen molar-refractivity contribution in [1.29, 1.82) is 0 Å². The zero-order valence-corrected chi connectivity index (χ0v) is 18.2. The lowest BCUT2D eigenvalue weighted by Gasteiger charge is -2.33. The van der Waals surface area contributed by atoms with Crippen LogP contribution in [0.5, 0.6) is 0 Å². The molecule has 2 amide bonds. The number of amides is 2. The zero-order chi connectivity index (χ0) is 20.2. The molecule has 7 heteroatoms. The third-order valence-corrected chi connectivity index (χ3v) is 7.51. The van der Waals surface area contributed by atoms with Gasteiger partial charge in [-0.15, -0.1) is 11.8 Å². The van der Waals surface area contributed by atoms with E-state index in [0.29, 0.717) is 5.56 Å². The molecule has 4 rings (SSSR count). The first-order valence-corrected chi connectivity index (χ1v) is 11.7. The van der Waals surface area contributed by atoms with Crippen molar-refractivity contribution in [3.8, 4) is 0 Å². The number of nitrogens with one attached hydrogen (secondary N) is 1. The van der Waals surface area contributed by atoms with Crippen molar-refractivity contribution in [3.05, 3.63) is 53.6 Å². The van der Waals surface area contributed by atoms with Crippen LogP contribution in [0.25, 0.3) is 0 Å². The van der Waals surface area contributed by atoms with Gasteiger partial charge < -0.3 is 10.2 Å². The van der Waals surface area contributed by atoms with Gasteiger partial charge in [0.05, 0.1) is 0 Å². The van der Waals surface area contributed by atoms with Gasteiger partial charge in [-0.1, -0.05) is 0 Å². The van der Waals surface area contributed by atoms with E-state index in [4.69, 9.17) is 0 Å². The highest BCUT2D eigenvalue weighted by Gasteiger charge is 2.19. The van der Waals surface area contributed by atoms with Crippen LogP contribution < -0.4 is 5.32 Å². The summed E-state index contributed by atoms with van der Waals surface area (Å²) in [7, 11) is 0. The highest BCUT2D eigenvalue weighted by atomic mass is 32.2. The van der Waals surface area contributed by atoms with Gasteiger partial charge in [-0.2, -0.15) is 0 Å². The summed E-state index contributed by atoms with van der Waals surface area (Å²) >= 11 is 3.57. The Morgan fingerprint density at radius 2 is 1.79 bits per heavy atom. The normalized spacial score (nSPS) is 16.9. The van der Waals surface area contributed by atoms with Gasteiger partial charge in [0.1, 0.15) is 0 Å². The van der Waals surface area contributed by atoms with Crippen molar-refractivity contribution >= 4 is 41.2 Å². The summed E-state index contributed by atoms with van der Waals surface area (Å²) in [5.41, 5.74) is 2.80. The molecule has 2 aliphatic heterocycles. The van der Waals surface area contributed by atoms with Crippen molar-refractivity contribution in [2.24, 2.45) is 0 Å². The third kappa shape index (κ3) is 5.15. The van der Waals surface area contributed by atoms with Crippen LogP contribution in [-0.2, 0) is 11.2 Å². The molecule has 0 aromatic heterocycles. The maximum absolute atomic E-state index is 12.6. The van der Waals surface area contributed by atoms with E-state index in [1.54, 1.807) is 18.9 Å². The van der Waals surface area contributed by atoms with Crippen LogP contribution in [0.1, 0.15) is 29.3 Å². The van der Waals surface area contributed by atoms with E-state index in [1.807, 2.05) is 53.1 Å². The average molecular weight is 428 g/mol. The summed E-state index contributed by atoms with van der Waals surface area (Å²) in [6, 6.07) is 14.0. The SMILES string of the molecule is CC(=O)N1CCN(Sc2ccc(NC(=O)c3ccc4c(c3)CCCS4)cc2)CC1. The minimum Gasteiger partial charge on any atom is -0.340 e. The summed E-state index contributed by atoms with van der Waals surface area (Å²) in [5.74, 6) is 1.24. The van der Waals surface area contributed by atoms with E-state index in [1.165, 1.54) is 16.9 Å². The monoisotopic (exact) mass is 427 g/mol. The molecular formula is C22H25N3O2S2. The van der Waals surface area contributed by atoms with Gasteiger partial charge in [0.15, 0.2) is 0 Å². The standard InChI is InChI=1S/C22H25N3O2S2/c1-16(26)24-10-12-25(13-11-24)29-20-7-5-19(6-8-20)23-22(27)18-4-9-21-17(15-18)3-2-14-28-21/h4-9,15H,2-3,10-14H2,1H3,(H,23,27). The third-order valence-electron chi connectivity index (χ3n) is 5.20. The predicted octanol–water partition coefficient (Wildman–Crippen LogP) is 4.15. The van der Waals surface area contributed by atoms with E-state index in [0.717, 1.165) is 48.9 Å². The number of anilines is 1. The minimum absolute atomic E-state index is 0.0656. The smallest absolute Gasteiger partial charge is 0.255 e. The summed E-state index contributed by atoms with van der Waals surface area (Å²) < 4.78 is 2.28. The van der Waals surface area contributed by atoms with E-state index >= 15 is 0 Å². The fourth-order valence-electron chi connectivity index (χ4n) is 3.55. The van der Waals surface area contributed by atoms with Gasteiger partial charge >= 0.3 is 0 Å². The second-order valence-corrected chi connectivity index (χ2v) is 9.59. The number of nitrogens with zero attached hydrogens (tertiary/aromatic N) is 2. The number of piperazine rings is 1. The molecule has 0 aliphatic carbocycles. The number of benzene rings is 2. The highest BCUT2D eigenvalue weighted by molar-refractivity contribution is 7.99. The predicted molar refractivity (Wildman–Crippen MR) is 120 cm³/mol. The van der Waals surface area contributed by atoms with Crippen molar-refractivity contribution in [2.45, 2.75) is 29.6 Å². The van der Waals surface area contributed by atoms with Crippen LogP contribution >= 0.6 is 23.7 Å². The molecule has 2 heterocycles. The maximum Gasteiger partial charge on any atom is 0.255 e. The molecule has 0 saturated carbocycles. The number of thioether (sulfide) groups is 1. The second kappa shape index (κ2) is 9.24. The Hall–Kier alpha value is -1.96. The molecule has 5 nitrogen and oxygen atoms in total. The Balaban J connectivity index is 1.32. The lowest BCUT2D eigenvalue weighted by Crippen LogP contribution is -2.45. The van der Waals surface area contributed by atoms with Crippen LogP contribution in [0.2, 0.25) is 0 Å². The molecule has 2 aromatic carbocycles. The van der Waals surface area contributed by atoms with Crippen molar-refractivity contribution in [1.82, 2.24) is 9.21 Å². The first-order chi connectivity index (χ1) is 14.1. The molecule has 0 bridgehead atoms. The van der Waals surface area contributed by atoms with Crippen LogP contribution in [0, 0.1) is 0 Å². The Kier molecular flexibility index (Phi) is 6.47. The van der Waals surface area contributed by atoms with E-state index in [9.17, 15) is 9.59 Å². The largest absolute Gasteiger partial charge is 0.340 e. The summed E-state index contributed by atoms with van der Waals surface area (Å²) in [6.45, 7) is 4.89. The van der Waals surface area contributed by atoms with Gasteiger partial charge in [-0.05, 0) is 78.6 Å². The minimum atomic E-state index is -0.0656. The van der Waals surface area contributed by atoms with Crippen molar-refractivity contribution < 1.29 is 9.59 Å². The molecule has 0 unspecified atom stereocenters. The van der Waals surface area contributed by atoms with E-state index in [2.05, 4.69) is 15.7 Å². The molecule has 152 valence electrons. The Morgan fingerprint density at radius 3 is 2.52 bits per heavy atom. The summed E-state index contributed by atoms with van der Waals surface area (Å²) in [6.07, 6.45) is 2.22. The number of carbonyl (C=O) groups excluding carboxylic acids is 2. The molecule has 1 N–H and O–H groups in total. The van der Waals surface area contributed by atoms with Gasteiger partial charge in [0, 0.05) is 54.1 Å². The fourth-order valence-corrected chi connectivity index (χ4v) is 5.47. The van der Waals surface area contributed by atoms with Gasteiger partial charge in [-0.3, -0.25) is 9.59 Å². The number of hydrogen-bond acceptors (Lipinski definition) is 5. The topological polar surface area (TPSA) is 52.7 Å². The number of hydrogen-bond donors (Lipinski definition) is 1. The molecule has 0 atom stereocenters. The molecule has 1 fully saturated rings. The molecule has 2 aliphatic rings. The summed E-state index contributed by atoms with van der Waals surface area (Å²) in [4.78, 5) is 28.4. The average Bonchev–Trinajstić information content (AvgIpc) is 2.75. The molecule has 2 aromatic rings. The van der Waals surface area contributed by atoms with Crippen molar-refractivity contribution in [3.63, 3.8) is 0 Å². The Morgan fingerprint density at radius 1 is 1.03 bits per heavy atom. The second-order valence-electron chi connectivity index (χ2n) is 7.28. The van der Waals surface area contributed by atoms with Crippen LogP contribution in [0.4, 0.5) is 5.69 Å². The first kappa shape index (κ1) is 20.3. The van der Waals surface area contributed by atoms with Crippen LogP contribution in [0.3, 0.4) is 0 Å². The number of rotatable bonds is 4. The maximum atomic E-state index is 12.6. The molecular weight excluding hydrogens is 402 g/mol. The lowest BCUT2D eigenvalue weighted by atomic mass is 10.1. The Labute approximate surface area is 180 Å². The first-order valence-electron chi connectivity index (χ1n) is 9.94. The van der Waals surface area contributed by atoms with Gasteiger partial charge in [0.25, 0.3) is 5.91 Å². The van der Waals surface area contributed by atoms with Crippen LogP contribution in [0.15, 0.2) is 52.3 Å². The van der Waals surface area contributed by atoms with E-state index < -0.39 is 0 Å². The zero-order valence-electron chi connectivity index (χ0n) is 16.5. The molecule has 29 heavy (non-hydrogen) atoms. The number of carbonyl (C=O) groups is 2. The highest BCUT2D eigenvalue weighted by Crippen LogP contribution is 2.31. The fraction of sp³-hybridized carbons (Fsp3) is 0.364. The molecule has 1 saturated heterocycles. The van der Waals surface area contributed by atoms with E-state index in [-0.39, 0.29) is 11.8 Å². The molecule has 0 spiro atoms. The van der Waals surface area contributed by atoms with Crippen molar-refractivity contribution in [2.75, 3.05) is 37.2 Å². The quantitative estimate of drug-likeness (QED) is 0.743. The van der Waals surface area contributed by atoms with Gasteiger partial charge in [-0.25, -0.2) is 4.31 Å². The van der Waals surface area contributed by atoms with Crippen LogP contribution in [-0.4, -0.2) is 53.0 Å². The number of aryl methyl sites for hydroxylation is 1. The lowest BCUT2D eigenvalue weighted by molar-refractivity contribution is -0.129. The van der Waals surface area contributed by atoms with Gasteiger partial charge in [0.2, 0.25) is 5.91 Å². The molecule has 0 radical (unpaired) electrons. The number of fused-ring (bicyclic) bond motifs is 1.